The molecule has 0 aromatic rings. The minimum atomic E-state index is -3.23. The zero-order chi connectivity index (χ0) is 11.5. The zero-order valence-corrected chi connectivity index (χ0v) is 10.2. The molecule has 1 saturated heterocycles. The van der Waals surface area contributed by atoms with Crippen molar-refractivity contribution in [2.75, 3.05) is 53.4 Å². The van der Waals surface area contributed by atoms with Crippen molar-refractivity contribution in [3.8, 4) is 0 Å². The summed E-state index contributed by atoms with van der Waals surface area (Å²) in [5, 5.41) is 0. The fourth-order valence-corrected chi connectivity index (χ4v) is 2.68. The molecule has 90 valence electrons. The Labute approximate surface area is 91.8 Å². The Balaban J connectivity index is 2.51. The molecule has 0 spiro atoms. The molecule has 0 atom stereocenters. The molecule has 7 heteroatoms. The molecule has 1 rings (SSSR count). The second-order valence-electron chi connectivity index (χ2n) is 3.82. The lowest BCUT2D eigenvalue weighted by Crippen LogP contribution is -2.52. The minimum absolute atomic E-state index is 0.556. The van der Waals surface area contributed by atoms with Crippen molar-refractivity contribution in [1.82, 2.24) is 13.5 Å². The summed E-state index contributed by atoms with van der Waals surface area (Å²) in [5.41, 5.74) is 5.45. The average Bonchev–Trinajstić information content (AvgIpc) is 2.19. The molecule has 15 heavy (non-hydrogen) atoms. The van der Waals surface area contributed by atoms with E-state index in [0.29, 0.717) is 19.6 Å². The lowest BCUT2D eigenvalue weighted by molar-refractivity contribution is 0.188. The number of nitrogens with zero attached hydrogens (tertiary/aromatic N) is 3. The minimum Gasteiger partial charge on any atom is -0.329 e. The fourth-order valence-electron chi connectivity index (χ4n) is 1.60. The van der Waals surface area contributed by atoms with Gasteiger partial charge in [0.1, 0.15) is 0 Å². The summed E-state index contributed by atoms with van der Waals surface area (Å²) in [6, 6.07) is 0. The first kappa shape index (κ1) is 12.9. The van der Waals surface area contributed by atoms with Crippen LogP contribution in [-0.4, -0.2) is 75.3 Å². The van der Waals surface area contributed by atoms with E-state index in [0.717, 1.165) is 19.6 Å². The van der Waals surface area contributed by atoms with Crippen LogP contribution in [0.25, 0.3) is 0 Å². The molecule has 0 radical (unpaired) electrons. The number of rotatable bonds is 4. The van der Waals surface area contributed by atoms with Crippen molar-refractivity contribution in [3.63, 3.8) is 0 Å². The van der Waals surface area contributed by atoms with Crippen molar-refractivity contribution < 1.29 is 8.42 Å². The van der Waals surface area contributed by atoms with Crippen LogP contribution >= 0.6 is 0 Å². The van der Waals surface area contributed by atoms with Crippen LogP contribution in [0.1, 0.15) is 0 Å². The van der Waals surface area contributed by atoms with Gasteiger partial charge in [-0.1, -0.05) is 0 Å². The Morgan fingerprint density at radius 2 is 1.73 bits per heavy atom. The van der Waals surface area contributed by atoms with Gasteiger partial charge in [-0.25, -0.2) is 0 Å². The van der Waals surface area contributed by atoms with Crippen molar-refractivity contribution in [1.29, 1.82) is 0 Å². The maximum Gasteiger partial charge on any atom is 0.281 e. The third-order valence-corrected chi connectivity index (χ3v) is 4.50. The molecule has 2 N–H and O–H groups in total. The number of piperazine rings is 1. The molecular weight excluding hydrogens is 216 g/mol. The molecule has 0 aromatic carbocycles. The molecule has 1 fully saturated rings. The van der Waals surface area contributed by atoms with E-state index in [-0.39, 0.29) is 0 Å². The molecule has 0 aliphatic carbocycles. The van der Waals surface area contributed by atoms with Gasteiger partial charge in [0.15, 0.2) is 0 Å². The van der Waals surface area contributed by atoms with E-state index in [1.54, 1.807) is 14.1 Å². The van der Waals surface area contributed by atoms with Crippen LogP contribution in [0.3, 0.4) is 0 Å². The first-order chi connectivity index (χ1) is 6.98. The van der Waals surface area contributed by atoms with E-state index >= 15 is 0 Å². The van der Waals surface area contributed by atoms with Gasteiger partial charge in [-0.15, -0.1) is 0 Å². The Morgan fingerprint density at radius 3 is 2.13 bits per heavy atom. The topological polar surface area (TPSA) is 69.9 Å². The highest BCUT2D eigenvalue weighted by molar-refractivity contribution is 7.86. The summed E-state index contributed by atoms with van der Waals surface area (Å²) in [6.45, 7) is 4.12. The van der Waals surface area contributed by atoms with Gasteiger partial charge in [-0.05, 0) is 0 Å². The van der Waals surface area contributed by atoms with E-state index in [9.17, 15) is 8.42 Å². The van der Waals surface area contributed by atoms with Gasteiger partial charge in [0.25, 0.3) is 10.2 Å². The first-order valence-corrected chi connectivity index (χ1v) is 6.48. The van der Waals surface area contributed by atoms with E-state index in [2.05, 4.69) is 4.90 Å². The monoisotopic (exact) mass is 236 g/mol. The highest BCUT2D eigenvalue weighted by Crippen LogP contribution is 2.08. The second-order valence-corrected chi connectivity index (χ2v) is 5.96. The maximum absolute atomic E-state index is 11.8. The van der Waals surface area contributed by atoms with Gasteiger partial charge >= 0.3 is 0 Å². The Kier molecular flexibility index (Phi) is 4.47. The van der Waals surface area contributed by atoms with Crippen LogP contribution in [0.15, 0.2) is 0 Å². The van der Waals surface area contributed by atoms with E-state index in [1.165, 1.54) is 8.61 Å². The third kappa shape index (κ3) is 3.12. The molecule has 1 aliphatic heterocycles. The largest absolute Gasteiger partial charge is 0.329 e. The molecule has 0 unspecified atom stereocenters. The summed E-state index contributed by atoms with van der Waals surface area (Å²) in [6.07, 6.45) is 0. The molecule has 0 saturated carbocycles. The lowest BCUT2D eigenvalue weighted by atomic mass is 10.3. The Morgan fingerprint density at radius 1 is 1.20 bits per heavy atom. The van der Waals surface area contributed by atoms with E-state index in [4.69, 9.17) is 5.73 Å². The van der Waals surface area contributed by atoms with Crippen LogP contribution in [0, 0.1) is 0 Å². The van der Waals surface area contributed by atoms with Crippen molar-refractivity contribution in [2.24, 2.45) is 5.73 Å². The van der Waals surface area contributed by atoms with Crippen molar-refractivity contribution in [2.45, 2.75) is 0 Å². The summed E-state index contributed by atoms with van der Waals surface area (Å²) in [4.78, 5) is 2.18. The molecule has 1 aliphatic rings. The van der Waals surface area contributed by atoms with E-state index in [1.807, 2.05) is 0 Å². The van der Waals surface area contributed by atoms with E-state index < -0.39 is 10.2 Å². The Bertz CT molecular complexity index is 283. The van der Waals surface area contributed by atoms with Gasteiger partial charge in [0, 0.05) is 53.4 Å². The number of hydrogen-bond acceptors (Lipinski definition) is 4. The van der Waals surface area contributed by atoms with Crippen LogP contribution in [0.5, 0.6) is 0 Å². The van der Waals surface area contributed by atoms with Gasteiger partial charge in [-0.2, -0.15) is 17.0 Å². The normalized spacial score (nSPS) is 21.1. The number of hydrogen-bond donors (Lipinski definition) is 1. The van der Waals surface area contributed by atoms with Crippen LogP contribution in [0.4, 0.5) is 0 Å². The summed E-state index contributed by atoms with van der Waals surface area (Å²) in [5.74, 6) is 0. The Hall–Kier alpha value is -0.210. The van der Waals surface area contributed by atoms with Crippen molar-refractivity contribution in [3.05, 3.63) is 0 Å². The predicted octanol–water partition coefficient (Wildman–Crippen LogP) is -1.63. The average molecular weight is 236 g/mol. The van der Waals surface area contributed by atoms with Gasteiger partial charge in [0.05, 0.1) is 0 Å². The fraction of sp³-hybridized carbons (Fsp3) is 1.00. The third-order valence-electron chi connectivity index (χ3n) is 2.56. The number of nitrogens with two attached hydrogens (primary N) is 1. The zero-order valence-electron chi connectivity index (χ0n) is 9.39. The lowest BCUT2D eigenvalue weighted by Gasteiger charge is -2.34. The molecule has 0 bridgehead atoms. The smallest absolute Gasteiger partial charge is 0.281 e. The standard InChI is InChI=1S/C8H20N4O2S/c1-10(2)15(13,14)12-7-5-11(4-3-9)6-8-12/h3-9H2,1-2H3. The first-order valence-electron chi connectivity index (χ1n) is 5.08. The summed E-state index contributed by atoms with van der Waals surface area (Å²) >= 11 is 0. The maximum atomic E-state index is 11.8. The van der Waals surface area contributed by atoms with Crippen LogP contribution in [-0.2, 0) is 10.2 Å². The van der Waals surface area contributed by atoms with Crippen molar-refractivity contribution >= 4 is 10.2 Å². The molecule has 0 amide bonds. The highest BCUT2D eigenvalue weighted by Gasteiger charge is 2.27. The molecule has 0 aromatic heterocycles. The molecule has 6 nitrogen and oxygen atoms in total. The summed E-state index contributed by atoms with van der Waals surface area (Å²) in [7, 11) is -0.115. The van der Waals surface area contributed by atoms with Gasteiger partial charge in [-0.3, -0.25) is 4.90 Å². The summed E-state index contributed by atoms with van der Waals surface area (Å²) < 4.78 is 26.3. The SMILES string of the molecule is CN(C)S(=O)(=O)N1CCN(CCN)CC1. The second kappa shape index (κ2) is 5.22. The highest BCUT2D eigenvalue weighted by atomic mass is 32.2. The van der Waals surface area contributed by atoms with Gasteiger partial charge < -0.3 is 5.73 Å². The molecular formula is C8H20N4O2S. The molecule has 1 heterocycles. The van der Waals surface area contributed by atoms with Gasteiger partial charge in [0.2, 0.25) is 0 Å². The van der Waals surface area contributed by atoms with Crippen LogP contribution < -0.4 is 5.73 Å². The predicted molar refractivity (Wildman–Crippen MR) is 59.7 cm³/mol. The quantitative estimate of drug-likeness (QED) is 0.636. The van der Waals surface area contributed by atoms with Crippen LogP contribution in [0.2, 0.25) is 0 Å².